The fourth-order valence-corrected chi connectivity index (χ4v) is 0.880. The molecular weight excluding hydrogens is 182 g/mol. The molecule has 4 nitrogen and oxygen atoms in total. The van der Waals surface area contributed by atoms with Crippen LogP contribution in [0.4, 0.5) is 0 Å². The van der Waals surface area contributed by atoms with Crippen molar-refractivity contribution in [3.8, 4) is 5.75 Å². The van der Waals surface area contributed by atoms with Gasteiger partial charge in [0.05, 0.1) is 0 Å². The molecule has 4 heteroatoms. The Labute approximate surface area is 82.3 Å². The van der Waals surface area contributed by atoms with E-state index in [1.165, 1.54) is 6.92 Å². The van der Waals surface area contributed by atoms with Crippen LogP contribution in [0.1, 0.15) is 6.92 Å². The molecule has 2 unspecified atom stereocenters. The summed E-state index contributed by atoms with van der Waals surface area (Å²) in [7, 11) is 0. The van der Waals surface area contributed by atoms with Crippen molar-refractivity contribution in [3.63, 3.8) is 0 Å². The average Bonchev–Trinajstić information content (AvgIpc) is 2.18. The zero-order valence-corrected chi connectivity index (χ0v) is 7.88. The zero-order valence-electron chi connectivity index (χ0n) is 7.88. The van der Waals surface area contributed by atoms with Gasteiger partial charge in [-0.05, 0) is 19.1 Å². The molecule has 0 amide bonds. The molecular formula is C10H13NO3. The molecule has 0 aliphatic heterocycles. The van der Waals surface area contributed by atoms with Crippen LogP contribution in [0.15, 0.2) is 30.3 Å². The highest BCUT2D eigenvalue weighted by Crippen LogP contribution is 2.09. The van der Waals surface area contributed by atoms with E-state index in [-0.39, 0.29) is 0 Å². The van der Waals surface area contributed by atoms with Gasteiger partial charge in [-0.25, -0.2) is 4.79 Å². The van der Waals surface area contributed by atoms with Crippen molar-refractivity contribution in [1.82, 2.24) is 0 Å². The summed E-state index contributed by atoms with van der Waals surface area (Å²) < 4.78 is 4.87. The first-order valence-electron chi connectivity index (χ1n) is 4.31. The third kappa shape index (κ3) is 2.83. The number of hydrogen-bond acceptors (Lipinski definition) is 4. The van der Waals surface area contributed by atoms with E-state index >= 15 is 0 Å². The van der Waals surface area contributed by atoms with Crippen LogP contribution in [0.25, 0.3) is 0 Å². The highest BCUT2D eigenvalue weighted by molar-refractivity contribution is 5.77. The number of aliphatic hydroxyl groups excluding tert-OH is 1. The van der Waals surface area contributed by atoms with E-state index in [0.717, 1.165) is 0 Å². The minimum Gasteiger partial charge on any atom is -0.425 e. The van der Waals surface area contributed by atoms with Crippen LogP contribution in [0.5, 0.6) is 5.75 Å². The van der Waals surface area contributed by atoms with Crippen molar-refractivity contribution in [1.29, 1.82) is 0 Å². The van der Waals surface area contributed by atoms with Crippen molar-refractivity contribution in [3.05, 3.63) is 30.3 Å². The molecule has 3 N–H and O–H groups in total. The molecule has 0 radical (unpaired) electrons. The number of rotatable bonds is 3. The zero-order chi connectivity index (χ0) is 10.6. The van der Waals surface area contributed by atoms with Gasteiger partial charge in [0, 0.05) is 6.04 Å². The molecule has 0 spiro atoms. The molecule has 1 aromatic carbocycles. The lowest BCUT2D eigenvalue weighted by Crippen LogP contribution is -2.40. The molecule has 1 rings (SSSR count). The number of esters is 1. The van der Waals surface area contributed by atoms with Gasteiger partial charge in [-0.1, -0.05) is 18.2 Å². The van der Waals surface area contributed by atoms with Crippen molar-refractivity contribution in [2.75, 3.05) is 0 Å². The summed E-state index contributed by atoms with van der Waals surface area (Å²) in [6.07, 6.45) is -1.28. The van der Waals surface area contributed by atoms with E-state index in [4.69, 9.17) is 10.5 Å². The Bertz CT molecular complexity index is 297. The first-order valence-corrected chi connectivity index (χ1v) is 4.31. The number of aliphatic hydroxyl groups is 1. The molecule has 0 aliphatic rings. The second-order valence-corrected chi connectivity index (χ2v) is 3.04. The Morgan fingerprint density at radius 3 is 2.50 bits per heavy atom. The minimum absolute atomic E-state index is 0.400. The average molecular weight is 195 g/mol. The molecule has 0 saturated heterocycles. The SMILES string of the molecule is CC(N)C(O)C(=O)Oc1ccccc1. The van der Waals surface area contributed by atoms with E-state index in [9.17, 15) is 9.90 Å². The van der Waals surface area contributed by atoms with Crippen LogP contribution in [0, 0.1) is 0 Å². The Hall–Kier alpha value is -1.39. The quantitative estimate of drug-likeness (QED) is 0.537. The van der Waals surface area contributed by atoms with Crippen LogP contribution in [-0.2, 0) is 4.79 Å². The second kappa shape index (κ2) is 4.74. The maximum Gasteiger partial charge on any atom is 0.341 e. The summed E-state index contributed by atoms with van der Waals surface area (Å²) >= 11 is 0. The molecule has 2 atom stereocenters. The maximum absolute atomic E-state index is 11.2. The van der Waals surface area contributed by atoms with Gasteiger partial charge in [0.1, 0.15) is 5.75 Å². The van der Waals surface area contributed by atoms with E-state index in [0.29, 0.717) is 5.75 Å². The Kier molecular flexibility index (Phi) is 3.62. The van der Waals surface area contributed by atoms with E-state index in [1.807, 2.05) is 0 Å². The lowest BCUT2D eigenvalue weighted by Gasteiger charge is -2.12. The highest BCUT2D eigenvalue weighted by atomic mass is 16.5. The molecule has 0 saturated carbocycles. The van der Waals surface area contributed by atoms with Crippen LogP contribution in [0.3, 0.4) is 0 Å². The number of carbonyl (C=O) groups excluding carboxylic acids is 1. The van der Waals surface area contributed by atoms with Gasteiger partial charge in [0.15, 0.2) is 6.10 Å². The van der Waals surface area contributed by atoms with E-state index < -0.39 is 18.1 Å². The topological polar surface area (TPSA) is 72.5 Å². The van der Waals surface area contributed by atoms with Crippen LogP contribution < -0.4 is 10.5 Å². The fourth-order valence-electron chi connectivity index (χ4n) is 0.880. The summed E-state index contributed by atoms with van der Waals surface area (Å²) in [5.74, 6) is -0.330. The van der Waals surface area contributed by atoms with Gasteiger partial charge >= 0.3 is 5.97 Å². The Morgan fingerprint density at radius 2 is 2.00 bits per heavy atom. The van der Waals surface area contributed by atoms with Crippen LogP contribution in [-0.4, -0.2) is 23.2 Å². The standard InChI is InChI=1S/C10H13NO3/c1-7(11)9(12)10(13)14-8-5-3-2-4-6-8/h2-7,9,12H,11H2,1H3. The molecule has 0 bridgehead atoms. The van der Waals surface area contributed by atoms with Crippen molar-refractivity contribution < 1.29 is 14.6 Å². The van der Waals surface area contributed by atoms with Crippen molar-refractivity contribution in [2.45, 2.75) is 19.1 Å². The molecule has 0 aromatic heterocycles. The largest absolute Gasteiger partial charge is 0.425 e. The lowest BCUT2D eigenvalue weighted by atomic mass is 10.2. The highest BCUT2D eigenvalue weighted by Gasteiger charge is 2.21. The predicted octanol–water partition coefficient (Wildman–Crippen LogP) is 0.300. The second-order valence-electron chi connectivity index (χ2n) is 3.04. The van der Waals surface area contributed by atoms with Gasteiger partial charge in [-0.3, -0.25) is 0 Å². The van der Waals surface area contributed by atoms with Gasteiger partial charge in [-0.15, -0.1) is 0 Å². The summed E-state index contributed by atoms with van der Waals surface area (Å²) in [4.78, 5) is 11.2. The summed E-state index contributed by atoms with van der Waals surface area (Å²) in [5, 5.41) is 9.26. The van der Waals surface area contributed by atoms with Gasteiger partial charge in [0.25, 0.3) is 0 Å². The first-order chi connectivity index (χ1) is 6.61. The predicted molar refractivity (Wildman–Crippen MR) is 51.7 cm³/mol. The minimum atomic E-state index is -1.28. The Morgan fingerprint density at radius 1 is 1.43 bits per heavy atom. The number of hydrogen-bond donors (Lipinski definition) is 2. The van der Waals surface area contributed by atoms with Gasteiger partial charge in [-0.2, -0.15) is 0 Å². The number of para-hydroxylation sites is 1. The monoisotopic (exact) mass is 195 g/mol. The van der Waals surface area contributed by atoms with E-state index in [1.54, 1.807) is 30.3 Å². The first kappa shape index (κ1) is 10.7. The summed E-state index contributed by atoms with van der Waals surface area (Å²) in [6.45, 7) is 1.54. The number of ether oxygens (including phenoxy) is 1. The molecule has 0 heterocycles. The number of carbonyl (C=O) groups is 1. The molecule has 14 heavy (non-hydrogen) atoms. The van der Waals surface area contributed by atoms with Crippen molar-refractivity contribution >= 4 is 5.97 Å². The lowest BCUT2D eigenvalue weighted by molar-refractivity contribution is -0.144. The Balaban J connectivity index is 2.58. The third-order valence-corrected chi connectivity index (χ3v) is 1.70. The fraction of sp³-hybridized carbons (Fsp3) is 0.300. The van der Waals surface area contributed by atoms with Crippen LogP contribution >= 0.6 is 0 Å². The van der Waals surface area contributed by atoms with E-state index in [2.05, 4.69) is 0 Å². The maximum atomic E-state index is 11.2. The van der Waals surface area contributed by atoms with Gasteiger partial charge in [0.2, 0.25) is 0 Å². The smallest absolute Gasteiger partial charge is 0.341 e. The van der Waals surface area contributed by atoms with Crippen molar-refractivity contribution in [2.24, 2.45) is 5.73 Å². The summed E-state index contributed by atoms with van der Waals surface area (Å²) in [5.41, 5.74) is 5.34. The number of nitrogens with two attached hydrogens (primary N) is 1. The molecule has 1 aromatic rings. The molecule has 76 valence electrons. The number of benzene rings is 1. The van der Waals surface area contributed by atoms with Gasteiger partial charge < -0.3 is 15.6 Å². The normalized spacial score (nSPS) is 14.5. The molecule has 0 fully saturated rings. The van der Waals surface area contributed by atoms with Crippen LogP contribution in [0.2, 0.25) is 0 Å². The molecule has 0 aliphatic carbocycles. The summed E-state index contributed by atoms with van der Waals surface area (Å²) in [6, 6.07) is 7.91. The third-order valence-electron chi connectivity index (χ3n) is 1.70.